The van der Waals surface area contributed by atoms with Crippen LogP contribution in [0.15, 0.2) is 48.7 Å². The van der Waals surface area contributed by atoms with Crippen LogP contribution in [0.3, 0.4) is 0 Å². The molecule has 3 aromatic rings. The molecule has 4 rings (SSSR count). The summed E-state index contributed by atoms with van der Waals surface area (Å²) in [7, 11) is 1.51. The first-order valence-electron chi connectivity index (χ1n) is 10.9. The van der Waals surface area contributed by atoms with Crippen molar-refractivity contribution in [1.82, 2.24) is 9.97 Å². The summed E-state index contributed by atoms with van der Waals surface area (Å²) in [6.45, 7) is 1.73. The molecule has 1 aromatic carbocycles. The molecule has 0 saturated carbocycles. The molecule has 0 unspecified atom stereocenters. The molecular formula is C24H24F3N7O. The van der Waals surface area contributed by atoms with Crippen molar-refractivity contribution in [3.8, 4) is 23.1 Å². The van der Waals surface area contributed by atoms with E-state index in [2.05, 4.69) is 14.9 Å². The van der Waals surface area contributed by atoms with Crippen molar-refractivity contribution in [3.05, 3.63) is 59.9 Å². The molecule has 0 amide bonds. The van der Waals surface area contributed by atoms with Crippen LogP contribution in [0.25, 0.3) is 11.3 Å². The molecule has 8 nitrogen and oxygen atoms in total. The van der Waals surface area contributed by atoms with Gasteiger partial charge in [0.1, 0.15) is 17.6 Å². The van der Waals surface area contributed by atoms with Crippen molar-refractivity contribution in [2.24, 2.45) is 11.8 Å². The number of alkyl halides is 3. The normalized spacial score (nSPS) is 13.8. The predicted molar refractivity (Wildman–Crippen MR) is 126 cm³/mol. The highest BCUT2D eigenvalue weighted by molar-refractivity contribution is 5.78. The van der Waals surface area contributed by atoms with Gasteiger partial charge < -0.3 is 20.4 Å². The van der Waals surface area contributed by atoms with Crippen molar-refractivity contribution in [2.45, 2.75) is 12.6 Å². The summed E-state index contributed by atoms with van der Waals surface area (Å²) >= 11 is 0. The molecule has 0 atom stereocenters. The van der Waals surface area contributed by atoms with E-state index in [4.69, 9.17) is 16.3 Å². The lowest BCUT2D eigenvalue weighted by Gasteiger charge is -2.40. The van der Waals surface area contributed by atoms with Crippen molar-refractivity contribution in [1.29, 1.82) is 5.26 Å². The molecule has 1 aliphatic rings. The van der Waals surface area contributed by atoms with Gasteiger partial charge in [0.25, 0.3) is 0 Å². The zero-order valence-corrected chi connectivity index (χ0v) is 19.0. The molecule has 3 heterocycles. The molecule has 0 radical (unpaired) electrons. The smallest absolute Gasteiger partial charge is 0.419 e. The van der Waals surface area contributed by atoms with Gasteiger partial charge in [-0.1, -0.05) is 6.07 Å². The molecule has 4 N–H and O–H groups in total. The van der Waals surface area contributed by atoms with E-state index in [0.29, 0.717) is 12.3 Å². The van der Waals surface area contributed by atoms with Crippen molar-refractivity contribution in [2.75, 3.05) is 42.4 Å². The summed E-state index contributed by atoms with van der Waals surface area (Å²) in [6, 6.07) is 12.7. The number of pyridine rings is 2. The number of hydrazine groups is 1. The Bertz CT molecular complexity index is 1240. The highest BCUT2D eigenvalue weighted by Gasteiger charge is 2.35. The number of halogens is 3. The predicted octanol–water partition coefficient (Wildman–Crippen LogP) is 3.83. The van der Waals surface area contributed by atoms with Crippen LogP contribution in [0.2, 0.25) is 0 Å². The lowest BCUT2D eigenvalue weighted by atomic mass is 9.97. The number of rotatable bonds is 7. The van der Waals surface area contributed by atoms with E-state index < -0.39 is 11.7 Å². The number of ether oxygens (including phenoxy) is 1. The number of aromatic nitrogens is 2. The molecule has 2 aromatic heterocycles. The Labute approximate surface area is 200 Å². The van der Waals surface area contributed by atoms with Gasteiger partial charge in [-0.2, -0.15) is 18.4 Å². The van der Waals surface area contributed by atoms with Gasteiger partial charge in [0.15, 0.2) is 5.69 Å². The fraction of sp³-hybridized carbons (Fsp3) is 0.292. The standard InChI is InChI=1S/C24H24F3N7O/c1-33(30)20-11-18(32-19(12-28)23(20)29)16-5-6-21(17(10-16)24(25,26)27)35-9-7-15-13-34(14-15)22-4-2-3-8-31-22/h2-6,8,10-11,15H,7,9,13-14,29-30H2,1H3. The summed E-state index contributed by atoms with van der Waals surface area (Å²) in [5.74, 6) is 6.71. The summed E-state index contributed by atoms with van der Waals surface area (Å²) in [4.78, 5) is 10.5. The van der Waals surface area contributed by atoms with Crippen LogP contribution in [-0.4, -0.2) is 36.7 Å². The number of anilines is 3. The Kier molecular flexibility index (Phi) is 6.66. The van der Waals surface area contributed by atoms with Crippen LogP contribution < -0.4 is 26.2 Å². The minimum absolute atomic E-state index is 0.0508. The quantitative estimate of drug-likeness (QED) is 0.385. The van der Waals surface area contributed by atoms with E-state index in [9.17, 15) is 18.4 Å². The van der Waals surface area contributed by atoms with Crippen LogP contribution in [0.5, 0.6) is 5.75 Å². The molecule has 182 valence electrons. The van der Waals surface area contributed by atoms with E-state index in [1.807, 2.05) is 24.3 Å². The Morgan fingerprint density at radius 2 is 2.00 bits per heavy atom. The number of nitrogens with two attached hydrogens (primary N) is 2. The lowest BCUT2D eigenvalue weighted by molar-refractivity contribution is -0.138. The minimum Gasteiger partial charge on any atom is -0.493 e. The summed E-state index contributed by atoms with van der Waals surface area (Å²) in [6.07, 6.45) is -2.29. The molecule has 1 fully saturated rings. The number of hydrogen-bond acceptors (Lipinski definition) is 8. The number of nitrogen functional groups attached to an aromatic ring is 1. The maximum Gasteiger partial charge on any atom is 0.419 e. The molecule has 0 bridgehead atoms. The van der Waals surface area contributed by atoms with Crippen molar-refractivity contribution in [3.63, 3.8) is 0 Å². The Morgan fingerprint density at radius 1 is 1.23 bits per heavy atom. The number of hydrogen-bond donors (Lipinski definition) is 2. The zero-order chi connectivity index (χ0) is 25.2. The number of nitriles is 1. The SMILES string of the molecule is CN(N)c1cc(-c2ccc(OCCC3CN(c4ccccn4)C3)c(C(F)(F)F)c2)nc(C#N)c1N. The monoisotopic (exact) mass is 483 g/mol. The van der Waals surface area contributed by atoms with Gasteiger partial charge in [0.2, 0.25) is 0 Å². The first-order chi connectivity index (χ1) is 16.7. The number of nitrogens with zero attached hydrogens (tertiary/aromatic N) is 5. The average molecular weight is 483 g/mol. The van der Waals surface area contributed by atoms with Crippen molar-refractivity contribution >= 4 is 17.2 Å². The molecule has 35 heavy (non-hydrogen) atoms. The van der Waals surface area contributed by atoms with Gasteiger partial charge >= 0.3 is 6.18 Å². The zero-order valence-electron chi connectivity index (χ0n) is 19.0. The van der Waals surface area contributed by atoms with Gasteiger partial charge in [-0.15, -0.1) is 0 Å². The third-order valence-electron chi connectivity index (χ3n) is 5.82. The Balaban J connectivity index is 1.48. The average Bonchev–Trinajstić information content (AvgIpc) is 2.80. The first-order valence-corrected chi connectivity index (χ1v) is 10.9. The van der Waals surface area contributed by atoms with Gasteiger partial charge in [-0.3, -0.25) is 0 Å². The highest BCUT2D eigenvalue weighted by Crippen LogP contribution is 2.40. The topological polar surface area (TPSA) is 117 Å². The maximum absolute atomic E-state index is 13.8. The fourth-order valence-corrected chi connectivity index (χ4v) is 3.92. The minimum atomic E-state index is -4.64. The van der Waals surface area contributed by atoms with E-state index in [1.54, 1.807) is 6.20 Å². The van der Waals surface area contributed by atoms with Crippen LogP contribution >= 0.6 is 0 Å². The highest BCUT2D eigenvalue weighted by atomic mass is 19.4. The summed E-state index contributed by atoms with van der Waals surface area (Å²) in [5.41, 5.74) is 5.48. The fourth-order valence-electron chi connectivity index (χ4n) is 3.92. The lowest BCUT2D eigenvalue weighted by Crippen LogP contribution is -2.47. The third-order valence-corrected chi connectivity index (χ3v) is 5.82. The second-order valence-corrected chi connectivity index (χ2v) is 8.32. The Morgan fingerprint density at radius 3 is 2.63 bits per heavy atom. The maximum atomic E-state index is 13.8. The van der Waals surface area contributed by atoms with Crippen LogP contribution in [-0.2, 0) is 6.18 Å². The summed E-state index contributed by atoms with van der Waals surface area (Å²) in [5, 5.41) is 10.5. The largest absolute Gasteiger partial charge is 0.493 e. The molecule has 11 heteroatoms. The molecular weight excluding hydrogens is 459 g/mol. The van der Waals surface area contributed by atoms with E-state index in [0.717, 1.165) is 25.0 Å². The van der Waals surface area contributed by atoms with Crippen LogP contribution in [0.1, 0.15) is 17.7 Å². The molecule has 0 spiro atoms. The van der Waals surface area contributed by atoms with Gasteiger partial charge in [-0.25, -0.2) is 15.8 Å². The van der Waals surface area contributed by atoms with Gasteiger partial charge in [-0.05, 0) is 48.7 Å². The Hall–Kier alpha value is -4.04. The second-order valence-electron chi connectivity index (χ2n) is 8.32. The number of benzene rings is 1. The molecule has 1 aliphatic heterocycles. The van der Waals surface area contributed by atoms with E-state index in [-0.39, 0.29) is 40.7 Å². The first kappa shape index (κ1) is 24.1. The van der Waals surface area contributed by atoms with Gasteiger partial charge in [0.05, 0.1) is 29.2 Å². The molecule has 1 saturated heterocycles. The van der Waals surface area contributed by atoms with Crippen LogP contribution in [0, 0.1) is 17.2 Å². The van der Waals surface area contributed by atoms with Crippen molar-refractivity contribution < 1.29 is 17.9 Å². The van der Waals surface area contributed by atoms with E-state index >= 15 is 0 Å². The third kappa shape index (κ3) is 5.22. The molecule has 0 aliphatic carbocycles. The van der Waals surface area contributed by atoms with Gasteiger partial charge in [0, 0.05) is 31.9 Å². The van der Waals surface area contributed by atoms with E-state index in [1.165, 1.54) is 30.3 Å². The second kappa shape index (κ2) is 9.68. The summed E-state index contributed by atoms with van der Waals surface area (Å²) < 4.78 is 47.1. The van der Waals surface area contributed by atoms with Crippen LogP contribution in [0.4, 0.5) is 30.4 Å².